The highest BCUT2D eigenvalue weighted by Gasteiger charge is 2.31. The number of nitrogens with two attached hydrogens (primary N) is 1. The average Bonchev–Trinajstić information content (AvgIpc) is 2.38. The second-order valence-corrected chi connectivity index (χ2v) is 5.18. The second-order valence-electron chi connectivity index (χ2n) is 5.18. The van der Waals surface area contributed by atoms with Gasteiger partial charge in [0.15, 0.2) is 0 Å². The van der Waals surface area contributed by atoms with Crippen LogP contribution in [0.1, 0.15) is 18.4 Å². The first-order valence-electron chi connectivity index (χ1n) is 6.62. The van der Waals surface area contributed by atoms with E-state index in [-0.39, 0.29) is 5.69 Å². The fourth-order valence-electron chi connectivity index (χ4n) is 2.67. The van der Waals surface area contributed by atoms with Gasteiger partial charge in [0, 0.05) is 20.2 Å². The van der Waals surface area contributed by atoms with E-state index in [1.165, 1.54) is 6.07 Å². The van der Waals surface area contributed by atoms with Crippen LogP contribution in [0.25, 0.3) is 0 Å². The third-order valence-corrected chi connectivity index (χ3v) is 3.62. The van der Waals surface area contributed by atoms with Gasteiger partial charge in [-0.05, 0) is 37.0 Å². The fourth-order valence-corrected chi connectivity index (χ4v) is 2.67. The van der Waals surface area contributed by atoms with Crippen molar-refractivity contribution in [2.45, 2.75) is 19.0 Å². The highest BCUT2D eigenvalue weighted by Crippen LogP contribution is 2.35. The van der Waals surface area contributed by atoms with E-state index >= 15 is 0 Å². The minimum atomic E-state index is -4.35. The van der Waals surface area contributed by atoms with Crippen LogP contribution in [-0.2, 0) is 10.9 Å². The molecule has 1 unspecified atom stereocenters. The Labute approximate surface area is 116 Å². The number of rotatable bonds is 3. The summed E-state index contributed by atoms with van der Waals surface area (Å²) >= 11 is 0. The molecule has 0 radical (unpaired) electrons. The molecule has 0 aliphatic carbocycles. The van der Waals surface area contributed by atoms with E-state index in [4.69, 9.17) is 10.5 Å². The Hall–Kier alpha value is -1.43. The van der Waals surface area contributed by atoms with Gasteiger partial charge in [0.2, 0.25) is 0 Å². The van der Waals surface area contributed by atoms with E-state index < -0.39 is 11.7 Å². The molecular formula is C14H19F3N2O. The number of hydrogen-bond acceptors (Lipinski definition) is 3. The first-order valence-corrected chi connectivity index (χ1v) is 6.62. The maximum Gasteiger partial charge on any atom is 0.416 e. The maximum atomic E-state index is 12.6. The largest absolute Gasteiger partial charge is 0.416 e. The molecule has 1 atom stereocenters. The van der Waals surface area contributed by atoms with Gasteiger partial charge in [-0.25, -0.2) is 0 Å². The van der Waals surface area contributed by atoms with Gasteiger partial charge in [-0.1, -0.05) is 0 Å². The summed E-state index contributed by atoms with van der Waals surface area (Å²) in [6.45, 7) is 2.25. The average molecular weight is 288 g/mol. The summed E-state index contributed by atoms with van der Waals surface area (Å²) in [6, 6.07) is 3.56. The molecule has 2 rings (SSSR count). The third-order valence-electron chi connectivity index (χ3n) is 3.62. The van der Waals surface area contributed by atoms with Gasteiger partial charge >= 0.3 is 6.18 Å². The summed E-state index contributed by atoms with van der Waals surface area (Å²) in [7, 11) is 1.66. The predicted octanol–water partition coefficient (Wildman–Crippen LogP) is 3.15. The number of anilines is 2. The molecule has 0 aromatic heterocycles. The Kier molecular flexibility index (Phi) is 4.42. The standard InChI is InChI=1S/C14H19F3N2O/c1-20-9-10-3-2-6-19(8-10)13-5-4-11(7-12(13)18)14(15,16)17/h4-5,7,10H,2-3,6,8-9,18H2,1H3. The number of nitrogen functional groups attached to an aromatic ring is 1. The van der Waals surface area contributed by atoms with Crippen molar-refractivity contribution in [2.24, 2.45) is 5.92 Å². The normalized spacial score (nSPS) is 20.2. The van der Waals surface area contributed by atoms with Crippen molar-refractivity contribution in [3.05, 3.63) is 23.8 Å². The van der Waals surface area contributed by atoms with Crippen LogP contribution in [0.3, 0.4) is 0 Å². The molecule has 0 bridgehead atoms. The van der Waals surface area contributed by atoms with Gasteiger partial charge < -0.3 is 15.4 Å². The van der Waals surface area contributed by atoms with E-state index in [9.17, 15) is 13.2 Å². The molecule has 1 aromatic rings. The molecule has 20 heavy (non-hydrogen) atoms. The Morgan fingerprint density at radius 1 is 1.40 bits per heavy atom. The Bertz CT molecular complexity index is 460. The molecule has 1 saturated heterocycles. The van der Waals surface area contributed by atoms with Crippen molar-refractivity contribution in [3.8, 4) is 0 Å². The lowest BCUT2D eigenvalue weighted by atomic mass is 9.98. The Morgan fingerprint density at radius 2 is 2.15 bits per heavy atom. The highest BCUT2D eigenvalue weighted by atomic mass is 19.4. The zero-order chi connectivity index (χ0) is 14.8. The van der Waals surface area contributed by atoms with Gasteiger partial charge in [-0.3, -0.25) is 0 Å². The second kappa shape index (κ2) is 5.91. The van der Waals surface area contributed by atoms with E-state index in [0.29, 0.717) is 18.2 Å². The monoisotopic (exact) mass is 288 g/mol. The van der Waals surface area contributed by atoms with Crippen LogP contribution in [0.15, 0.2) is 18.2 Å². The van der Waals surface area contributed by atoms with E-state index in [2.05, 4.69) is 0 Å². The molecule has 0 saturated carbocycles. The molecule has 1 heterocycles. The van der Waals surface area contributed by atoms with Crippen LogP contribution in [0.2, 0.25) is 0 Å². The lowest BCUT2D eigenvalue weighted by molar-refractivity contribution is -0.137. The summed E-state index contributed by atoms with van der Waals surface area (Å²) in [5, 5.41) is 0. The number of halogens is 3. The van der Waals surface area contributed by atoms with Crippen molar-refractivity contribution >= 4 is 11.4 Å². The molecule has 1 aliphatic rings. The highest BCUT2D eigenvalue weighted by molar-refractivity contribution is 5.69. The molecule has 1 aromatic carbocycles. The van der Waals surface area contributed by atoms with Crippen molar-refractivity contribution in [3.63, 3.8) is 0 Å². The molecule has 1 fully saturated rings. The molecule has 112 valence electrons. The van der Waals surface area contributed by atoms with E-state index in [1.807, 2.05) is 4.90 Å². The predicted molar refractivity (Wildman–Crippen MR) is 72.7 cm³/mol. The van der Waals surface area contributed by atoms with Crippen LogP contribution >= 0.6 is 0 Å². The summed E-state index contributed by atoms with van der Waals surface area (Å²) in [6.07, 6.45) is -2.29. The van der Waals surface area contributed by atoms with Crippen molar-refractivity contribution in [2.75, 3.05) is 37.4 Å². The number of nitrogens with zero attached hydrogens (tertiary/aromatic N) is 1. The van der Waals surface area contributed by atoms with Gasteiger partial charge in [0.25, 0.3) is 0 Å². The van der Waals surface area contributed by atoms with E-state index in [1.54, 1.807) is 7.11 Å². The van der Waals surface area contributed by atoms with Gasteiger partial charge in [-0.15, -0.1) is 0 Å². The van der Waals surface area contributed by atoms with Crippen molar-refractivity contribution in [1.82, 2.24) is 0 Å². The number of ether oxygens (including phenoxy) is 1. The summed E-state index contributed by atoms with van der Waals surface area (Å²) in [5.74, 6) is 0.399. The minimum absolute atomic E-state index is 0.179. The van der Waals surface area contributed by atoms with Crippen LogP contribution in [-0.4, -0.2) is 26.8 Å². The zero-order valence-electron chi connectivity index (χ0n) is 11.4. The first kappa shape index (κ1) is 15.0. The first-order chi connectivity index (χ1) is 9.41. The summed E-state index contributed by atoms with van der Waals surface area (Å²) in [5.41, 5.74) is 5.95. The fraction of sp³-hybridized carbons (Fsp3) is 0.571. The van der Waals surface area contributed by atoms with E-state index in [0.717, 1.165) is 38.1 Å². The van der Waals surface area contributed by atoms with Crippen LogP contribution in [0.5, 0.6) is 0 Å². The molecular weight excluding hydrogens is 269 g/mol. The lowest BCUT2D eigenvalue weighted by Crippen LogP contribution is -2.37. The Morgan fingerprint density at radius 3 is 2.75 bits per heavy atom. The summed E-state index contributed by atoms with van der Waals surface area (Å²) in [4.78, 5) is 2.04. The topological polar surface area (TPSA) is 38.5 Å². The number of hydrogen-bond donors (Lipinski definition) is 1. The number of methoxy groups -OCH3 is 1. The third kappa shape index (κ3) is 3.36. The van der Waals surface area contributed by atoms with Gasteiger partial charge in [0.05, 0.1) is 23.5 Å². The molecule has 0 spiro atoms. The molecule has 2 N–H and O–H groups in total. The number of benzene rings is 1. The minimum Gasteiger partial charge on any atom is -0.397 e. The molecule has 1 aliphatic heterocycles. The molecule has 3 nitrogen and oxygen atoms in total. The maximum absolute atomic E-state index is 12.6. The van der Waals surface area contributed by atoms with Gasteiger partial charge in [-0.2, -0.15) is 13.2 Å². The quantitative estimate of drug-likeness (QED) is 0.868. The Balaban J connectivity index is 2.16. The number of piperidine rings is 1. The van der Waals surface area contributed by atoms with Gasteiger partial charge in [0.1, 0.15) is 0 Å². The zero-order valence-corrected chi connectivity index (χ0v) is 11.4. The SMILES string of the molecule is COCC1CCCN(c2ccc(C(F)(F)F)cc2N)C1. The van der Waals surface area contributed by atoms with Crippen LogP contribution < -0.4 is 10.6 Å². The van der Waals surface area contributed by atoms with Crippen LogP contribution in [0.4, 0.5) is 24.5 Å². The van der Waals surface area contributed by atoms with Crippen molar-refractivity contribution < 1.29 is 17.9 Å². The lowest BCUT2D eigenvalue weighted by Gasteiger charge is -2.35. The van der Waals surface area contributed by atoms with Crippen molar-refractivity contribution in [1.29, 1.82) is 0 Å². The van der Waals surface area contributed by atoms with Crippen LogP contribution in [0, 0.1) is 5.92 Å². The molecule has 0 amide bonds. The molecule has 6 heteroatoms. The summed E-state index contributed by atoms with van der Waals surface area (Å²) < 4.78 is 43.0. The smallest absolute Gasteiger partial charge is 0.397 e. The number of alkyl halides is 3.